The fourth-order valence-corrected chi connectivity index (χ4v) is 3.43. The van der Waals surface area contributed by atoms with E-state index in [9.17, 15) is 9.59 Å². The summed E-state index contributed by atoms with van der Waals surface area (Å²) < 4.78 is 0. The fourth-order valence-electron chi connectivity index (χ4n) is 2.80. The number of rotatable bonds is 8. The van der Waals surface area contributed by atoms with Crippen LogP contribution in [-0.4, -0.2) is 46.3 Å². The largest absolute Gasteiger partial charge is 0.340 e. The van der Waals surface area contributed by atoms with Crippen molar-refractivity contribution in [2.24, 2.45) is 0 Å². The van der Waals surface area contributed by atoms with Gasteiger partial charge in [-0.25, -0.2) is 0 Å². The van der Waals surface area contributed by atoms with Crippen LogP contribution in [0.5, 0.6) is 0 Å². The molecular formula is C15H28N2O2S. The smallest absolute Gasteiger partial charge is 0.248 e. The van der Waals surface area contributed by atoms with Crippen LogP contribution in [0.1, 0.15) is 53.4 Å². The van der Waals surface area contributed by atoms with Gasteiger partial charge in [0.2, 0.25) is 11.8 Å². The molecule has 1 atom stereocenters. The van der Waals surface area contributed by atoms with Crippen LogP contribution in [0, 0.1) is 0 Å². The molecule has 1 aliphatic rings. The van der Waals surface area contributed by atoms with Gasteiger partial charge in [-0.1, -0.05) is 27.7 Å². The second-order valence-electron chi connectivity index (χ2n) is 5.25. The second-order valence-corrected chi connectivity index (χ2v) is 6.65. The molecule has 0 aromatic heterocycles. The number of piperazine rings is 1. The Labute approximate surface area is 127 Å². The number of thioether (sulfide) groups is 1. The molecule has 1 aliphatic heterocycles. The van der Waals surface area contributed by atoms with Crippen LogP contribution in [0.25, 0.3) is 0 Å². The van der Waals surface area contributed by atoms with Crippen molar-refractivity contribution >= 4 is 23.6 Å². The monoisotopic (exact) mass is 300 g/mol. The Morgan fingerprint density at radius 1 is 1.20 bits per heavy atom. The molecule has 1 unspecified atom stereocenters. The summed E-state index contributed by atoms with van der Waals surface area (Å²) in [4.78, 5) is 26.9. The van der Waals surface area contributed by atoms with Gasteiger partial charge in [0.1, 0.15) is 11.6 Å². The minimum atomic E-state index is -0.680. The molecule has 1 saturated heterocycles. The van der Waals surface area contributed by atoms with Gasteiger partial charge in [-0.05, 0) is 37.2 Å². The highest BCUT2D eigenvalue weighted by molar-refractivity contribution is 7.99. The minimum Gasteiger partial charge on any atom is -0.340 e. The maximum absolute atomic E-state index is 12.8. The summed E-state index contributed by atoms with van der Waals surface area (Å²) in [5, 5.41) is 2.98. The summed E-state index contributed by atoms with van der Waals surface area (Å²) in [6.45, 7) is 8.74. The predicted octanol–water partition coefficient (Wildman–Crippen LogP) is 2.43. The van der Waals surface area contributed by atoms with Crippen molar-refractivity contribution in [1.82, 2.24) is 10.2 Å². The SMILES string of the molecule is CCSCCCN1C(=O)C(CC)(CC)NC(=O)C1CC. The maximum Gasteiger partial charge on any atom is 0.248 e. The molecule has 5 heteroatoms. The molecule has 0 radical (unpaired) electrons. The molecule has 1 rings (SSSR count). The number of hydrogen-bond donors (Lipinski definition) is 1. The summed E-state index contributed by atoms with van der Waals surface area (Å²) >= 11 is 1.88. The first kappa shape index (κ1) is 17.3. The third-order valence-electron chi connectivity index (χ3n) is 4.20. The average molecular weight is 300 g/mol. The Balaban J connectivity index is 2.83. The third-order valence-corrected chi connectivity index (χ3v) is 5.18. The van der Waals surface area contributed by atoms with Gasteiger partial charge < -0.3 is 10.2 Å². The van der Waals surface area contributed by atoms with E-state index in [1.54, 1.807) is 0 Å². The maximum atomic E-state index is 12.8. The second kappa shape index (κ2) is 7.91. The molecular weight excluding hydrogens is 272 g/mol. The lowest BCUT2D eigenvalue weighted by molar-refractivity contribution is -0.155. The van der Waals surface area contributed by atoms with Gasteiger partial charge in [0.05, 0.1) is 0 Å². The van der Waals surface area contributed by atoms with Crippen LogP contribution in [0.4, 0.5) is 0 Å². The highest BCUT2D eigenvalue weighted by atomic mass is 32.2. The Hall–Kier alpha value is -0.710. The van der Waals surface area contributed by atoms with E-state index in [4.69, 9.17) is 0 Å². The van der Waals surface area contributed by atoms with Crippen molar-refractivity contribution in [2.45, 2.75) is 65.0 Å². The topological polar surface area (TPSA) is 49.4 Å². The summed E-state index contributed by atoms with van der Waals surface area (Å²) in [6.07, 6.45) is 2.95. The molecule has 2 amide bonds. The summed E-state index contributed by atoms with van der Waals surface area (Å²) in [5.74, 6) is 2.26. The van der Waals surface area contributed by atoms with E-state index in [0.29, 0.717) is 25.8 Å². The van der Waals surface area contributed by atoms with Gasteiger partial charge in [0.15, 0.2) is 0 Å². The van der Waals surface area contributed by atoms with Crippen LogP contribution in [0.15, 0.2) is 0 Å². The Bertz CT molecular complexity index is 343. The van der Waals surface area contributed by atoms with Gasteiger partial charge in [0.25, 0.3) is 0 Å². The van der Waals surface area contributed by atoms with Crippen LogP contribution in [-0.2, 0) is 9.59 Å². The van der Waals surface area contributed by atoms with Crippen molar-refractivity contribution < 1.29 is 9.59 Å². The van der Waals surface area contributed by atoms with Crippen LogP contribution >= 0.6 is 11.8 Å². The lowest BCUT2D eigenvalue weighted by atomic mass is 9.86. The van der Waals surface area contributed by atoms with Crippen molar-refractivity contribution in [2.75, 3.05) is 18.1 Å². The first-order chi connectivity index (χ1) is 9.56. The van der Waals surface area contributed by atoms with Gasteiger partial charge in [0, 0.05) is 6.54 Å². The summed E-state index contributed by atoms with van der Waals surface area (Å²) in [7, 11) is 0. The van der Waals surface area contributed by atoms with Crippen molar-refractivity contribution in [3.8, 4) is 0 Å². The molecule has 0 spiro atoms. The van der Waals surface area contributed by atoms with Gasteiger partial charge in [-0.15, -0.1) is 0 Å². The number of nitrogens with one attached hydrogen (secondary N) is 1. The zero-order valence-electron chi connectivity index (χ0n) is 13.2. The van der Waals surface area contributed by atoms with Gasteiger partial charge in [-0.2, -0.15) is 11.8 Å². The molecule has 20 heavy (non-hydrogen) atoms. The molecule has 0 bridgehead atoms. The van der Waals surface area contributed by atoms with Gasteiger partial charge in [-0.3, -0.25) is 9.59 Å². The number of hydrogen-bond acceptors (Lipinski definition) is 3. The minimum absolute atomic E-state index is 0.0129. The van der Waals surface area contributed by atoms with Crippen molar-refractivity contribution in [1.29, 1.82) is 0 Å². The number of carbonyl (C=O) groups is 2. The molecule has 0 aliphatic carbocycles. The van der Waals surface area contributed by atoms with E-state index >= 15 is 0 Å². The van der Waals surface area contributed by atoms with Crippen molar-refractivity contribution in [3.63, 3.8) is 0 Å². The number of carbonyl (C=O) groups excluding carboxylic acids is 2. The number of amides is 2. The molecule has 1 heterocycles. The zero-order valence-corrected chi connectivity index (χ0v) is 14.0. The Morgan fingerprint density at radius 3 is 2.35 bits per heavy atom. The zero-order chi connectivity index (χ0) is 15.2. The third kappa shape index (κ3) is 3.48. The van der Waals surface area contributed by atoms with E-state index in [2.05, 4.69) is 12.2 Å². The highest BCUT2D eigenvalue weighted by Gasteiger charge is 2.47. The van der Waals surface area contributed by atoms with Gasteiger partial charge >= 0.3 is 0 Å². The lowest BCUT2D eigenvalue weighted by Gasteiger charge is -2.45. The van der Waals surface area contributed by atoms with E-state index in [1.807, 2.05) is 37.4 Å². The summed E-state index contributed by atoms with van der Waals surface area (Å²) in [5.41, 5.74) is -0.680. The normalized spacial score (nSPS) is 22.0. The molecule has 0 saturated carbocycles. The molecule has 4 nitrogen and oxygen atoms in total. The van der Waals surface area contributed by atoms with E-state index in [1.165, 1.54) is 0 Å². The molecule has 1 N–H and O–H groups in total. The molecule has 0 aromatic carbocycles. The summed E-state index contributed by atoms with van der Waals surface area (Å²) in [6, 6.07) is -0.291. The van der Waals surface area contributed by atoms with E-state index < -0.39 is 5.54 Å². The van der Waals surface area contributed by atoms with E-state index in [-0.39, 0.29) is 17.9 Å². The highest BCUT2D eigenvalue weighted by Crippen LogP contribution is 2.26. The lowest BCUT2D eigenvalue weighted by Crippen LogP contribution is -2.70. The molecule has 1 fully saturated rings. The first-order valence-electron chi connectivity index (χ1n) is 7.77. The van der Waals surface area contributed by atoms with Crippen LogP contribution < -0.4 is 5.32 Å². The molecule has 0 aromatic rings. The average Bonchev–Trinajstić information content (AvgIpc) is 2.46. The quantitative estimate of drug-likeness (QED) is 0.700. The first-order valence-corrected chi connectivity index (χ1v) is 8.92. The Morgan fingerprint density at radius 2 is 1.85 bits per heavy atom. The molecule has 116 valence electrons. The standard InChI is InChI=1S/C15H28N2O2S/c1-5-12-13(18)16-15(6-2,7-3)14(19)17(12)10-9-11-20-8-4/h12H,5-11H2,1-4H3,(H,16,18). The Kier molecular flexibility index (Phi) is 6.86. The fraction of sp³-hybridized carbons (Fsp3) is 0.867. The van der Waals surface area contributed by atoms with E-state index in [0.717, 1.165) is 17.9 Å². The number of nitrogens with zero attached hydrogens (tertiary/aromatic N) is 1. The predicted molar refractivity (Wildman–Crippen MR) is 84.9 cm³/mol. The van der Waals surface area contributed by atoms with Crippen LogP contribution in [0.3, 0.4) is 0 Å². The van der Waals surface area contributed by atoms with Crippen molar-refractivity contribution in [3.05, 3.63) is 0 Å². The van der Waals surface area contributed by atoms with Crippen LogP contribution in [0.2, 0.25) is 0 Å².